The second-order valence-corrected chi connectivity index (χ2v) is 5.54. The molecule has 1 atom stereocenters. The molecule has 3 aromatic rings. The summed E-state index contributed by atoms with van der Waals surface area (Å²) in [6, 6.07) is 12.2. The van der Waals surface area contributed by atoms with Crippen molar-refractivity contribution in [2.24, 2.45) is 0 Å². The van der Waals surface area contributed by atoms with Crippen molar-refractivity contribution in [1.82, 2.24) is 16.0 Å². The number of rotatable bonds is 6. The summed E-state index contributed by atoms with van der Waals surface area (Å²) in [5, 5.41) is 9.12. The van der Waals surface area contributed by atoms with Gasteiger partial charge in [0.2, 0.25) is 0 Å². The first kappa shape index (κ1) is 16.6. The molecule has 1 aromatic carbocycles. The quantitative estimate of drug-likeness (QED) is 0.601. The zero-order valence-electron chi connectivity index (χ0n) is 13.7. The number of furan rings is 2. The molecule has 0 spiro atoms. The van der Waals surface area contributed by atoms with Crippen LogP contribution in [-0.2, 0) is 0 Å². The lowest BCUT2D eigenvalue weighted by Gasteiger charge is -2.12. The Morgan fingerprint density at radius 3 is 2.64 bits per heavy atom. The van der Waals surface area contributed by atoms with Gasteiger partial charge < -0.3 is 24.8 Å². The van der Waals surface area contributed by atoms with Gasteiger partial charge in [-0.05, 0) is 31.2 Å². The molecule has 7 nitrogen and oxygen atoms in total. The van der Waals surface area contributed by atoms with Gasteiger partial charge >= 0.3 is 6.03 Å². The predicted octanol–water partition coefficient (Wildman–Crippen LogP) is 2.82. The fourth-order valence-electron chi connectivity index (χ4n) is 2.38. The molecule has 3 N–H and O–H groups in total. The van der Waals surface area contributed by atoms with E-state index in [1.807, 2.05) is 37.3 Å². The molecule has 2 heterocycles. The molecule has 0 aliphatic carbocycles. The van der Waals surface area contributed by atoms with Crippen molar-refractivity contribution in [3.63, 3.8) is 0 Å². The number of hydrogen-bond acceptors (Lipinski definition) is 4. The molecule has 0 radical (unpaired) electrons. The standard InChI is InChI=1S/C18H19N3O4/c1-12(16-11-13-5-2-3-6-14(13)25-16)21-18(23)20-9-8-19-17(22)15-7-4-10-24-15/h2-7,10-12H,8-9H2,1H3,(H,19,22)(H2,20,21,23)/t12-/m1/s1. The van der Waals surface area contributed by atoms with E-state index in [0.717, 1.165) is 11.0 Å². The van der Waals surface area contributed by atoms with Gasteiger partial charge in [0.05, 0.1) is 12.3 Å². The van der Waals surface area contributed by atoms with E-state index in [2.05, 4.69) is 16.0 Å². The summed E-state index contributed by atoms with van der Waals surface area (Å²) < 4.78 is 10.7. The molecule has 0 saturated carbocycles. The number of para-hydroxylation sites is 1. The monoisotopic (exact) mass is 341 g/mol. The molecule has 0 aliphatic heterocycles. The van der Waals surface area contributed by atoms with Gasteiger partial charge in [-0.3, -0.25) is 4.79 Å². The van der Waals surface area contributed by atoms with Crippen molar-refractivity contribution in [1.29, 1.82) is 0 Å². The van der Waals surface area contributed by atoms with E-state index in [4.69, 9.17) is 8.83 Å². The van der Waals surface area contributed by atoms with Gasteiger partial charge in [-0.2, -0.15) is 0 Å². The molecule has 7 heteroatoms. The summed E-state index contributed by atoms with van der Waals surface area (Å²) in [7, 11) is 0. The summed E-state index contributed by atoms with van der Waals surface area (Å²) in [5.41, 5.74) is 0.784. The Bertz CT molecular complexity index is 821. The van der Waals surface area contributed by atoms with Crippen LogP contribution in [0, 0.1) is 0 Å². The number of hydrogen-bond donors (Lipinski definition) is 3. The Hall–Kier alpha value is -3.22. The van der Waals surface area contributed by atoms with Crippen molar-refractivity contribution in [2.75, 3.05) is 13.1 Å². The van der Waals surface area contributed by atoms with E-state index in [1.165, 1.54) is 6.26 Å². The van der Waals surface area contributed by atoms with E-state index in [0.29, 0.717) is 18.8 Å². The van der Waals surface area contributed by atoms with Crippen molar-refractivity contribution in [3.05, 3.63) is 60.2 Å². The first-order valence-electron chi connectivity index (χ1n) is 7.98. The van der Waals surface area contributed by atoms with Crippen molar-refractivity contribution in [2.45, 2.75) is 13.0 Å². The molecule has 0 saturated heterocycles. The van der Waals surface area contributed by atoms with Crippen LogP contribution in [0.2, 0.25) is 0 Å². The van der Waals surface area contributed by atoms with Crippen LogP contribution in [0.1, 0.15) is 29.3 Å². The zero-order valence-corrected chi connectivity index (χ0v) is 13.7. The lowest BCUT2D eigenvalue weighted by molar-refractivity contribution is 0.0926. The first-order chi connectivity index (χ1) is 12.1. The Morgan fingerprint density at radius 1 is 1.08 bits per heavy atom. The normalized spacial score (nSPS) is 11.9. The maximum atomic E-state index is 11.9. The third-order valence-electron chi connectivity index (χ3n) is 3.66. The third-order valence-corrected chi connectivity index (χ3v) is 3.66. The molecule has 0 aliphatic rings. The first-order valence-corrected chi connectivity index (χ1v) is 7.98. The number of nitrogens with one attached hydrogen (secondary N) is 3. The predicted molar refractivity (Wildman–Crippen MR) is 92.2 cm³/mol. The minimum absolute atomic E-state index is 0.239. The fourth-order valence-corrected chi connectivity index (χ4v) is 2.38. The van der Waals surface area contributed by atoms with Gasteiger partial charge in [0, 0.05) is 18.5 Å². The summed E-state index contributed by atoms with van der Waals surface area (Å²) >= 11 is 0. The molecule has 2 aromatic heterocycles. The van der Waals surface area contributed by atoms with E-state index in [9.17, 15) is 9.59 Å². The van der Waals surface area contributed by atoms with Crippen LogP contribution in [0.15, 0.2) is 57.6 Å². The number of carbonyl (C=O) groups is 2. The number of carbonyl (C=O) groups excluding carboxylic acids is 2. The molecule has 0 fully saturated rings. The molecule has 3 amide bonds. The van der Waals surface area contributed by atoms with Crippen LogP contribution in [0.3, 0.4) is 0 Å². The molecule has 3 rings (SSSR count). The maximum Gasteiger partial charge on any atom is 0.315 e. The molecular formula is C18H19N3O4. The van der Waals surface area contributed by atoms with Crippen molar-refractivity contribution >= 4 is 22.9 Å². The second-order valence-electron chi connectivity index (χ2n) is 5.54. The number of benzene rings is 1. The number of fused-ring (bicyclic) bond motifs is 1. The van der Waals surface area contributed by atoms with Crippen molar-refractivity contribution in [3.8, 4) is 0 Å². The molecular weight excluding hydrogens is 322 g/mol. The molecule has 25 heavy (non-hydrogen) atoms. The largest absolute Gasteiger partial charge is 0.459 e. The Balaban J connectivity index is 1.42. The zero-order chi connectivity index (χ0) is 17.6. The van der Waals surface area contributed by atoms with Crippen LogP contribution in [0.25, 0.3) is 11.0 Å². The van der Waals surface area contributed by atoms with Crippen LogP contribution in [-0.4, -0.2) is 25.0 Å². The maximum absolute atomic E-state index is 11.9. The Morgan fingerprint density at radius 2 is 1.88 bits per heavy atom. The van der Waals surface area contributed by atoms with Gasteiger partial charge in [0.1, 0.15) is 11.3 Å². The molecule has 0 unspecified atom stereocenters. The van der Waals surface area contributed by atoms with Gasteiger partial charge in [-0.15, -0.1) is 0 Å². The summed E-state index contributed by atoms with van der Waals surface area (Å²) in [4.78, 5) is 23.6. The Labute approximate surface area is 144 Å². The van der Waals surface area contributed by atoms with E-state index >= 15 is 0 Å². The minimum Gasteiger partial charge on any atom is -0.459 e. The summed E-state index contributed by atoms with van der Waals surface area (Å²) in [5.74, 6) is 0.605. The van der Waals surface area contributed by atoms with Gasteiger partial charge in [-0.25, -0.2) is 4.79 Å². The van der Waals surface area contributed by atoms with Crippen LogP contribution in [0.5, 0.6) is 0 Å². The third kappa shape index (κ3) is 4.20. The van der Waals surface area contributed by atoms with Crippen molar-refractivity contribution < 1.29 is 18.4 Å². The number of urea groups is 1. The topological polar surface area (TPSA) is 96.5 Å². The van der Waals surface area contributed by atoms with Crippen LogP contribution < -0.4 is 16.0 Å². The van der Waals surface area contributed by atoms with Crippen LogP contribution >= 0.6 is 0 Å². The molecule has 0 bridgehead atoms. The SMILES string of the molecule is C[C@@H](NC(=O)NCCNC(=O)c1ccco1)c1cc2ccccc2o1. The minimum atomic E-state index is -0.333. The number of amides is 3. The van der Waals surface area contributed by atoms with E-state index in [-0.39, 0.29) is 23.7 Å². The highest BCUT2D eigenvalue weighted by Crippen LogP contribution is 2.23. The molecule has 130 valence electrons. The highest BCUT2D eigenvalue weighted by molar-refractivity contribution is 5.91. The average Bonchev–Trinajstić information content (AvgIpc) is 3.27. The lowest BCUT2D eigenvalue weighted by Crippen LogP contribution is -2.41. The fraction of sp³-hybridized carbons (Fsp3) is 0.222. The smallest absolute Gasteiger partial charge is 0.315 e. The second kappa shape index (κ2) is 7.57. The highest BCUT2D eigenvalue weighted by atomic mass is 16.3. The average molecular weight is 341 g/mol. The summed E-state index contributed by atoms with van der Waals surface area (Å²) in [6.45, 7) is 2.44. The van der Waals surface area contributed by atoms with E-state index < -0.39 is 0 Å². The van der Waals surface area contributed by atoms with Gasteiger partial charge in [-0.1, -0.05) is 18.2 Å². The van der Waals surface area contributed by atoms with Gasteiger partial charge in [0.15, 0.2) is 5.76 Å². The lowest BCUT2D eigenvalue weighted by atomic mass is 10.2. The van der Waals surface area contributed by atoms with E-state index in [1.54, 1.807) is 12.1 Å². The Kier molecular flexibility index (Phi) is 5.03. The van der Waals surface area contributed by atoms with Crippen LogP contribution in [0.4, 0.5) is 4.79 Å². The highest BCUT2D eigenvalue weighted by Gasteiger charge is 2.14. The summed E-state index contributed by atoms with van der Waals surface area (Å²) in [6.07, 6.45) is 1.43. The van der Waals surface area contributed by atoms with Gasteiger partial charge in [0.25, 0.3) is 5.91 Å².